The van der Waals surface area contributed by atoms with Crippen LogP contribution < -0.4 is 0 Å². The number of nitrogens with zero attached hydrogens (tertiary/aromatic N) is 4. The molecule has 0 radical (unpaired) electrons. The van der Waals surface area contributed by atoms with Gasteiger partial charge < -0.3 is 5.11 Å². The molecular formula is C14H14N4O2. The van der Waals surface area contributed by atoms with Gasteiger partial charge in [-0.05, 0) is 18.6 Å². The molecular weight excluding hydrogens is 256 g/mol. The summed E-state index contributed by atoms with van der Waals surface area (Å²) >= 11 is 0. The van der Waals surface area contributed by atoms with E-state index in [1.165, 1.54) is 0 Å². The average molecular weight is 270 g/mol. The molecule has 102 valence electrons. The number of carbonyl (C=O) groups is 1. The standard InChI is InChI=1S/C14H14N4O2/c1-3-10-12(7-17(2)16-10)18-8-15-11-6-4-5-9(13(11)18)14(19)20/h4-8H,3H2,1-2H3,(H,19,20). The lowest BCUT2D eigenvalue weighted by atomic mass is 10.1. The number of imidazole rings is 1. The molecule has 0 bridgehead atoms. The molecule has 6 heteroatoms. The van der Waals surface area contributed by atoms with Gasteiger partial charge in [0.05, 0.1) is 28.0 Å². The second kappa shape index (κ2) is 4.48. The summed E-state index contributed by atoms with van der Waals surface area (Å²) in [5.41, 5.74) is 3.28. The molecule has 0 saturated heterocycles. The first-order chi connectivity index (χ1) is 9.61. The average Bonchev–Trinajstić information content (AvgIpc) is 3.00. The molecule has 0 aliphatic rings. The summed E-state index contributed by atoms with van der Waals surface area (Å²) in [7, 11) is 1.85. The molecule has 2 aromatic heterocycles. The van der Waals surface area contributed by atoms with Gasteiger partial charge in [-0.1, -0.05) is 13.0 Å². The topological polar surface area (TPSA) is 72.9 Å². The predicted octanol–water partition coefficient (Wildman–Crippen LogP) is 2.02. The minimum absolute atomic E-state index is 0.242. The molecule has 0 atom stereocenters. The van der Waals surface area contributed by atoms with Crippen LogP contribution in [0.4, 0.5) is 0 Å². The maximum Gasteiger partial charge on any atom is 0.337 e. The summed E-state index contributed by atoms with van der Waals surface area (Å²) in [6, 6.07) is 5.10. The minimum Gasteiger partial charge on any atom is -0.478 e. The monoisotopic (exact) mass is 270 g/mol. The zero-order chi connectivity index (χ0) is 14.3. The molecule has 0 fully saturated rings. The molecule has 1 aromatic carbocycles. The highest BCUT2D eigenvalue weighted by Gasteiger charge is 2.17. The Labute approximate surface area is 115 Å². The highest BCUT2D eigenvalue weighted by atomic mass is 16.4. The van der Waals surface area contributed by atoms with E-state index in [0.717, 1.165) is 17.8 Å². The Bertz CT molecular complexity index is 801. The number of aryl methyl sites for hydroxylation is 2. The zero-order valence-corrected chi connectivity index (χ0v) is 11.2. The number of benzene rings is 1. The first kappa shape index (κ1) is 12.4. The van der Waals surface area contributed by atoms with Gasteiger partial charge in [0.15, 0.2) is 0 Å². The Balaban J connectivity index is 2.34. The van der Waals surface area contributed by atoms with Gasteiger partial charge in [0.25, 0.3) is 0 Å². The third-order valence-electron chi connectivity index (χ3n) is 3.28. The van der Waals surface area contributed by atoms with Crippen molar-refractivity contribution in [3.8, 4) is 5.69 Å². The summed E-state index contributed by atoms with van der Waals surface area (Å²) in [6.45, 7) is 2.02. The van der Waals surface area contributed by atoms with Crippen molar-refractivity contribution in [2.45, 2.75) is 13.3 Å². The summed E-state index contributed by atoms with van der Waals surface area (Å²) in [4.78, 5) is 15.7. The van der Waals surface area contributed by atoms with Crippen molar-refractivity contribution in [2.24, 2.45) is 7.05 Å². The van der Waals surface area contributed by atoms with E-state index in [2.05, 4.69) is 10.1 Å². The third-order valence-corrected chi connectivity index (χ3v) is 3.28. The van der Waals surface area contributed by atoms with Crippen molar-refractivity contribution in [1.82, 2.24) is 19.3 Å². The molecule has 0 spiro atoms. The summed E-state index contributed by atoms with van der Waals surface area (Å²) in [6.07, 6.45) is 4.29. The van der Waals surface area contributed by atoms with Crippen LogP contribution in [0, 0.1) is 0 Å². The molecule has 6 nitrogen and oxygen atoms in total. The number of carboxylic acid groups (broad SMARTS) is 1. The zero-order valence-electron chi connectivity index (χ0n) is 11.2. The van der Waals surface area contributed by atoms with Gasteiger partial charge in [0.1, 0.15) is 6.33 Å². The number of hydrogen-bond acceptors (Lipinski definition) is 3. The van der Waals surface area contributed by atoms with Crippen LogP contribution in [0.15, 0.2) is 30.7 Å². The van der Waals surface area contributed by atoms with Gasteiger partial charge in [-0.25, -0.2) is 9.78 Å². The highest BCUT2D eigenvalue weighted by molar-refractivity contribution is 6.01. The lowest BCUT2D eigenvalue weighted by Gasteiger charge is -2.05. The summed E-state index contributed by atoms with van der Waals surface area (Å²) < 4.78 is 3.52. The fourth-order valence-electron chi connectivity index (χ4n) is 2.40. The number of rotatable bonds is 3. The van der Waals surface area contributed by atoms with Gasteiger partial charge in [-0.2, -0.15) is 5.10 Å². The normalized spacial score (nSPS) is 11.1. The maximum atomic E-state index is 11.4. The van der Waals surface area contributed by atoms with Gasteiger partial charge in [0, 0.05) is 13.2 Å². The van der Waals surface area contributed by atoms with E-state index in [0.29, 0.717) is 11.0 Å². The van der Waals surface area contributed by atoms with E-state index in [1.807, 2.05) is 20.2 Å². The lowest BCUT2D eigenvalue weighted by Crippen LogP contribution is -2.02. The summed E-state index contributed by atoms with van der Waals surface area (Å²) in [5.74, 6) is -0.959. The molecule has 0 aliphatic heterocycles. The summed E-state index contributed by atoms with van der Waals surface area (Å²) in [5, 5.41) is 13.7. The maximum absolute atomic E-state index is 11.4. The van der Waals surface area contributed by atoms with E-state index < -0.39 is 5.97 Å². The minimum atomic E-state index is -0.959. The number of fused-ring (bicyclic) bond motifs is 1. The SMILES string of the molecule is CCc1nn(C)cc1-n1cnc2cccc(C(=O)O)c21. The van der Waals surface area contributed by atoms with Crippen LogP contribution >= 0.6 is 0 Å². The third kappa shape index (κ3) is 1.77. The second-order valence-electron chi connectivity index (χ2n) is 4.58. The van der Waals surface area contributed by atoms with Crippen molar-refractivity contribution in [3.05, 3.63) is 42.0 Å². The van der Waals surface area contributed by atoms with Crippen molar-refractivity contribution in [2.75, 3.05) is 0 Å². The van der Waals surface area contributed by atoms with Crippen LogP contribution in [0.25, 0.3) is 16.7 Å². The van der Waals surface area contributed by atoms with E-state index in [-0.39, 0.29) is 5.56 Å². The molecule has 3 aromatic rings. The van der Waals surface area contributed by atoms with Crippen molar-refractivity contribution in [1.29, 1.82) is 0 Å². The van der Waals surface area contributed by atoms with Crippen LogP contribution in [-0.4, -0.2) is 30.4 Å². The number of carboxylic acids is 1. The molecule has 0 aliphatic carbocycles. The molecule has 3 rings (SSSR count). The Hall–Kier alpha value is -2.63. The van der Waals surface area contributed by atoms with Gasteiger partial charge in [-0.15, -0.1) is 0 Å². The number of aromatic nitrogens is 4. The molecule has 0 unspecified atom stereocenters. The van der Waals surface area contributed by atoms with Gasteiger partial charge in [-0.3, -0.25) is 9.25 Å². The first-order valence-corrected chi connectivity index (χ1v) is 6.34. The predicted molar refractivity (Wildman–Crippen MR) is 74.2 cm³/mol. The Morgan fingerprint density at radius 3 is 2.90 bits per heavy atom. The fourth-order valence-corrected chi connectivity index (χ4v) is 2.40. The van der Waals surface area contributed by atoms with E-state index in [9.17, 15) is 9.90 Å². The fraction of sp³-hybridized carbons (Fsp3) is 0.214. The molecule has 20 heavy (non-hydrogen) atoms. The largest absolute Gasteiger partial charge is 0.478 e. The van der Waals surface area contributed by atoms with Crippen molar-refractivity contribution in [3.63, 3.8) is 0 Å². The lowest BCUT2D eigenvalue weighted by molar-refractivity contribution is 0.0698. The highest BCUT2D eigenvalue weighted by Crippen LogP contribution is 2.24. The Morgan fingerprint density at radius 2 is 2.20 bits per heavy atom. The van der Waals surface area contributed by atoms with Crippen LogP contribution in [0.5, 0.6) is 0 Å². The number of hydrogen-bond donors (Lipinski definition) is 1. The van der Waals surface area contributed by atoms with E-state index in [1.54, 1.807) is 33.8 Å². The van der Waals surface area contributed by atoms with Crippen molar-refractivity contribution < 1.29 is 9.90 Å². The van der Waals surface area contributed by atoms with E-state index in [4.69, 9.17) is 0 Å². The Kier molecular flexibility index (Phi) is 2.78. The van der Waals surface area contributed by atoms with Gasteiger partial charge >= 0.3 is 5.97 Å². The second-order valence-corrected chi connectivity index (χ2v) is 4.58. The van der Waals surface area contributed by atoms with Crippen LogP contribution in [0.2, 0.25) is 0 Å². The molecule has 0 saturated carbocycles. The first-order valence-electron chi connectivity index (χ1n) is 6.34. The Morgan fingerprint density at radius 1 is 1.40 bits per heavy atom. The van der Waals surface area contributed by atoms with E-state index >= 15 is 0 Å². The molecule has 2 heterocycles. The molecule has 1 N–H and O–H groups in total. The smallest absolute Gasteiger partial charge is 0.337 e. The molecule has 0 amide bonds. The van der Waals surface area contributed by atoms with Crippen molar-refractivity contribution >= 4 is 17.0 Å². The number of para-hydroxylation sites is 1. The van der Waals surface area contributed by atoms with Gasteiger partial charge in [0.2, 0.25) is 0 Å². The van der Waals surface area contributed by atoms with Crippen LogP contribution in [-0.2, 0) is 13.5 Å². The van der Waals surface area contributed by atoms with Crippen LogP contribution in [0.3, 0.4) is 0 Å². The van der Waals surface area contributed by atoms with Crippen LogP contribution in [0.1, 0.15) is 23.0 Å². The number of aromatic carboxylic acids is 1. The quantitative estimate of drug-likeness (QED) is 0.790.